The Bertz CT molecular complexity index is 436. The second-order valence-electron chi connectivity index (χ2n) is 5.26. The molecule has 1 atom stereocenters. The molecule has 0 radical (unpaired) electrons. The van der Waals surface area contributed by atoms with E-state index in [0.29, 0.717) is 6.42 Å². The quantitative estimate of drug-likeness (QED) is 0.840. The van der Waals surface area contributed by atoms with Crippen LogP contribution in [0.15, 0.2) is 12.1 Å². The summed E-state index contributed by atoms with van der Waals surface area (Å²) in [5, 5.41) is 19.3. The first-order chi connectivity index (χ1) is 8.32. The molecule has 2 N–H and O–H groups in total. The number of hydrogen-bond acceptors (Lipinski definition) is 3. The third-order valence-corrected chi connectivity index (χ3v) is 3.34. The van der Waals surface area contributed by atoms with Gasteiger partial charge in [0.15, 0.2) is 0 Å². The summed E-state index contributed by atoms with van der Waals surface area (Å²) < 4.78 is 0. The molecule has 0 spiro atoms. The molecule has 0 amide bonds. The highest BCUT2D eigenvalue weighted by Gasteiger charge is 2.15. The zero-order chi connectivity index (χ0) is 13.9. The van der Waals surface area contributed by atoms with Gasteiger partial charge in [-0.3, -0.25) is 4.79 Å². The molecule has 0 heterocycles. The van der Waals surface area contributed by atoms with Gasteiger partial charge >= 0.3 is 0 Å². The molecule has 3 nitrogen and oxygen atoms in total. The first-order valence-electron chi connectivity index (χ1n) is 6.38. The van der Waals surface area contributed by atoms with Crippen molar-refractivity contribution in [1.82, 2.24) is 0 Å². The molecule has 0 unspecified atom stereocenters. The molecule has 0 aromatic heterocycles. The zero-order valence-corrected chi connectivity index (χ0v) is 11.5. The van der Waals surface area contributed by atoms with Crippen molar-refractivity contribution >= 4 is 5.78 Å². The minimum atomic E-state index is 0.0624. The lowest BCUT2D eigenvalue weighted by atomic mass is 9.91. The highest BCUT2D eigenvalue weighted by Crippen LogP contribution is 2.34. The van der Waals surface area contributed by atoms with Crippen molar-refractivity contribution in [3.8, 4) is 11.5 Å². The lowest BCUT2D eigenvalue weighted by Crippen LogP contribution is -2.08. The van der Waals surface area contributed by atoms with E-state index >= 15 is 0 Å². The van der Waals surface area contributed by atoms with Crippen molar-refractivity contribution in [2.75, 3.05) is 0 Å². The fraction of sp³-hybridized carbons (Fsp3) is 0.533. The molecule has 18 heavy (non-hydrogen) atoms. The van der Waals surface area contributed by atoms with E-state index in [1.54, 1.807) is 13.0 Å². The largest absolute Gasteiger partial charge is 0.508 e. The Morgan fingerprint density at radius 3 is 2.33 bits per heavy atom. The molecule has 3 heteroatoms. The van der Waals surface area contributed by atoms with Crippen molar-refractivity contribution in [2.24, 2.45) is 5.92 Å². The van der Waals surface area contributed by atoms with E-state index in [9.17, 15) is 15.0 Å². The third-order valence-electron chi connectivity index (χ3n) is 3.34. The van der Waals surface area contributed by atoms with Crippen LogP contribution in [0.3, 0.4) is 0 Å². The van der Waals surface area contributed by atoms with Gasteiger partial charge in [-0.05, 0) is 36.5 Å². The number of benzene rings is 1. The van der Waals surface area contributed by atoms with Crippen LogP contribution in [0, 0.1) is 12.8 Å². The van der Waals surface area contributed by atoms with Crippen molar-refractivity contribution in [2.45, 2.75) is 46.5 Å². The number of aryl methyl sites for hydroxylation is 1. The van der Waals surface area contributed by atoms with Crippen molar-refractivity contribution < 1.29 is 15.0 Å². The molecular formula is C15H22O3. The second kappa shape index (κ2) is 5.89. The monoisotopic (exact) mass is 250 g/mol. The predicted molar refractivity (Wildman–Crippen MR) is 72.0 cm³/mol. The van der Waals surface area contributed by atoms with E-state index in [0.717, 1.165) is 17.5 Å². The fourth-order valence-electron chi connectivity index (χ4n) is 1.91. The molecule has 0 aliphatic rings. The van der Waals surface area contributed by atoms with E-state index < -0.39 is 0 Å². The van der Waals surface area contributed by atoms with Crippen LogP contribution in [-0.4, -0.2) is 16.0 Å². The standard InChI is InChI=1S/C15H22O3/c1-9(2)13(16)6-5-10(3)12-7-11(4)14(17)8-15(12)18/h7-10,17-18H,5-6H2,1-4H3/t10-/m0/s1. The van der Waals surface area contributed by atoms with Crippen LogP contribution >= 0.6 is 0 Å². The second-order valence-corrected chi connectivity index (χ2v) is 5.26. The van der Waals surface area contributed by atoms with Gasteiger partial charge in [0, 0.05) is 18.4 Å². The summed E-state index contributed by atoms with van der Waals surface area (Å²) in [6, 6.07) is 3.15. The van der Waals surface area contributed by atoms with E-state index in [2.05, 4.69) is 0 Å². The molecular weight excluding hydrogens is 228 g/mol. The van der Waals surface area contributed by atoms with Gasteiger partial charge in [-0.1, -0.05) is 20.8 Å². The Hall–Kier alpha value is -1.51. The van der Waals surface area contributed by atoms with Crippen LogP contribution in [0.25, 0.3) is 0 Å². The highest BCUT2D eigenvalue weighted by atomic mass is 16.3. The van der Waals surface area contributed by atoms with E-state index in [4.69, 9.17) is 0 Å². The minimum absolute atomic E-state index is 0.0624. The van der Waals surface area contributed by atoms with Gasteiger partial charge in [0.2, 0.25) is 0 Å². The third kappa shape index (κ3) is 3.49. The van der Waals surface area contributed by atoms with Gasteiger partial charge < -0.3 is 10.2 Å². The zero-order valence-electron chi connectivity index (χ0n) is 11.5. The van der Waals surface area contributed by atoms with Gasteiger partial charge in [-0.2, -0.15) is 0 Å². The van der Waals surface area contributed by atoms with Gasteiger partial charge in [0.25, 0.3) is 0 Å². The molecule has 1 rings (SSSR count). The Morgan fingerprint density at radius 2 is 1.78 bits per heavy atom. The summed E-state index contributed by atoms with van der Waals surface area (Å²) in [5.74, 6) is 0.612. The topological polar surface area (TPSA) is 57.5 Å². The minimum Gasteiger partial charge on any atom is -0.508 e. The van der Waals surface area contributed by atoms with Gasteiger partial charge in [0.1, 0.15) is 17.3 Å². The van der Waals surface area contributed by atoms with Crippen molar-refractivity contribution in [1.29, 1.82) is 0 Å². The summed E-state index contributed by atoms with van der Waals surface area (Å²) in [5.41, 5.74) is 1.53. The SMILES string of the molecule is Cc1cc([C@@H](C)CCC(=O)C(C)C)c(O)cc1O. The summed E-state index contributed by atoms with van der Waals surface area (Å²) in [4.78, 5) is 11.6. The lowest BCUT2D eigenvalue weighted by molar-refractivity contribution is -0.122. The van der Waals surface area contributed by atoms with E-state index in [1.165, 1.54) is 6.07 Å². The summed E-state index contributed by atoms with van der Waals surface area (Å²) >= 11 is 0. The maximum absolute atomic E-state index is 11.6. The van der Waals surface area contributed by atoms with Crippen LogP contribution < -0.4 is 0 Å². The summed E-state index contributed by atoms with van der Waals surface area (Å²) in [6.45, 7) is 7.58. The van der Waals surface area contributed by atoms with Crippen LogP contribution in [-0.2, 0) is 4.79 Å². The number of carbonyl (C=O) groups is 1. The number of rotatable bonds is 5. The number of Topliss-reactive ketones (excluding diaryl/α,β-unsaturated/α-hetero) is 1. The molecule has 0 saturated carbocycles. The van der Waals surface area contributed by atoms with E-state index in [-0.39, 0.29) is 29.1 Å². The fourth-order valence-corrected chi connectivity index (χ4v) is 1.91. The number of hydrogen-bond donors (Lipinski definition) is 2. The summed E-state index contributed by atoms with van der Waals surface area (Å²) in [6.07, 6.45) is 1.24. The first kappa shape index (κ1) is 14.6. The molecule has 0 aliphatic heterocycles. The Labute approximate surface area is 108 Å². The molecule has 0 fully saturated rings. The number of carbonyl (C=O) groups excluding carboxylic acids is 1. The Morgan fingerprint density at radius 1 is 1.17 bits per heavy atom. The van der Waals surface area contributed by atoms with Crippen LogP contribution in [0.2, 0.25) is 0 Å². The number of phenolic OH excluding ortho intramolecular Hbond substituents is 2. The van der Waals surface area contributed by atoms with Crippen LogP contribution in [0.4, 0.5) is 0 Å². The number of ketones is 1. The normalized spacial score (nSPS) is 12.7. The maximum Gasteiger partial charge on any atom is 0.135 e. The Kier molecular flexibility index (Phi) is 4.76. The first-order valence-corrected chi connectivity index (χ1v) is 6.38. The average Bonchev–Trinajstić information content (AvgIpc) is 2.30. The summed E-state index contributed by atoms with van der Waals surface area (Å²) in [7, 11) is 0. The molecule has 0 saturated heterocycles. The number of phenols is 2. The van der Waals surface area contributed by atoms with Crippen LogP contribution in [0.1, 0.15) is 50.7 Å². The average molecular weight is 250 g/mol. The van der Waals surface area contributed by atoms with Gasteiger partial charge in [-0.25, -0.2) is 0 Å². The van der Waals surface area contributed by atoms with E-state index in [1.807, 2.05) is 20.8 Å². The number of aromatic hydroxyl groups is 2. The maximum atomic E-state index is 11.6. The van der Waals surface area contributed by atoms with Crippen LogP contribution in [0.5, 0.6) is 11.5 Å². The molecule has 0 aliphatic carbocycles. The smallest absolute Gasteiger partial charge is 0.135 e. The van der Waals surface area contributed by atoms with Crippen molar-refractivity contribution in [3.05, 3.63) is 23.3 Å². The molecule has 1 aromatic rings. The lowest BCUT2D eigenvalue weighted by Gasteiger charge is -2.15. The predicted octanol–water partition coefficient (Wildman–Crippen LogP) is 3.52. The molecule has 0 bridgehead atoms. The van der Waals surface area contributed by atoms with Gasteiger partial charge in [-0.15, -0.1) is 0 Å². The van der Waals surface area contributed by atoms with Gasteiger partial charge in [0.05, 0.1) is 0 Å². The van der Waals surface area contributed by atoms with Crippen molar-refractivity contribution in [3.63, 3.8) is 0 Å². The molecule has 1 aromatic carbocycles. The molecule has 100 valence electrons. The highest BCUT2D eigenvalue weighted by molar-refractivity contribution is 5.80. The Balaban J connectivity index is 2.76.